The average molecular weight is 390 g/mol. The Balaban J connectivity index is 1.93. The molecule has 132 valence electrons. The van der Waals surface area contributed by atoms with Crippen LogP contribution in [0.2, 0.25) is 0 Å². The fourth-order valence-corrected chi connectivity index (χ4v) is 3.26. The van der Waals surface area contributed by atoms with Gasteiger partial charge in [-0.25, -0.2) is 4.39 Å². The molecule has 6 nitrogen and oxygen atoms in total. The third-order valence-electron chi connectivity index (χ3n) is 3.47. The molecule has 0 bridgehead atoms. The predicted molar refractivity (Wildman–Crippen MR) is 100 cm³/mol. The van der Waals surface area contributed by atoms with Crippen LogP contribution in [0.25, 0.3) is 6.08 Å². The number of nitro benzene ring substituents is 1. The zero-order valence-corrected chi connectivity index (χ0v) is 14.7. The van der Waals surface area contributed by atoms with E-state index in [0.717, 1.165) is 11.8 Å². The van der Waals surface area contributed by atoms with Crippen molar-refractivity contribution in [2.45, 2.75) is 6.61 Å². The highest BCUT2D eigenvalue weighted by Gasteiger charge is 2.23. The lowest BCUT2D eigenvalue weighted by atomic mass is 10.1. The second kappa shape index (κ2) is 7.63. The summed E-state index contributed by atoms with van der Waals surface area (Å²) in [5.41, 5.74) is 0.526. The Hall–Kier alpha value is -2.78. The van der Waals surface area contributed by atoms with E-state index in [1.54, 1.807) is 18.2 Å². The number of benzene rings is 2. The molecule has 0 unspecified atom stereocenters. The fraction of sp³-hybridized carbons (Fsp3) is 0.0588. The summed E-state index contributed by atoms with van der Waals surface area (Å²) in [6.07, 6.45) is 1.46. The summed E-state index contributed by atoms with van der Waals surface area (Å²) in [6.45, 7) is -0.0571. The van der Waals surface area contributed by atoms with Gasteiger partial charge in [-0.1, -0.05) is 42.2 Å². The second-order valence-corrected chi connectivity index (χ2v) is 6.93. The molecule has 0 spiro atoms. The van der Waals surface area contributed by atoms with Crippen molar-refractivity contribution in [2.24, 2.45) is 0 Å². The Kier molecular flexibility index (Phi) is 5.29. The van der Waals surface area contributed by atoms with Crippen molar-refractivity contribution in [3.63, 3.8) is 0 Å². The predicted octanol–water partition coefficient (Wildman–Crippen LogP) is 3.80. The Morgan fingerprint density at radius 3 is 2.73 bits per heavy atom. The van der Waals surface area contributed by atoms with Gasteiger partial charge in [0.2, 0.25) is 0 Å². The highest BCUT2D eigenvalue weighted by atomic mass is 32.2. The van der Waals surface area contributed by atoms with Gasteiger partial charge in [0.25, 0.3) is 11.6 Å². The van der Waals surface area contributed by atoms with E-state index in [1.807, 2.05) is 0 Å². The number of hydrogen-bond acceptors (Lipinski definition) is 6. The Morgan fingerprint density at radius 2 is 2.08 bits per heavy atom. The van der Waals surface area contributed by atoms with E-state index in [1.165, 1.54) is 30.3 Å². The van der Waals surface area contributed by atoms with Gasteiger partial charge in [0, 0.05) is 23.3 Å². The summed E-state index contributed by atoms with van der Waals surface area (Å²) in [6, 6.07) is 10.1. The molecule has 0 aliphatic carbocycles. The van der Waals surface area contributed by atoms with Crippen LogP contribution in [0.1, 0.15) is 11.1 Å². The molecule has 2 aromatic carbocycles. The molecule has 9 heteroatoms. The minimum absolute atomic E-state index is 0.0571. The molecule has 3 rings (SSSR count). The number of rotatable bonds is 5. The molecule has 1 aliphatic heterocycles. The molecule has 1 amide bonds. The largest absolute Gasteiger partial charge is 0.488 e. The second-order valence-electron chi connectivity index (χ2n) is 5.21. The fourth-order valence-electron chi connectivity index (χ4n) is 2.23. The molecular weight excluding hydrogens is 379 g/mol. The van der Waals surface area contributed by atoms with Gasteiger partial charge in [-0.15, -0.1) is 0 Å². The zero-order valence-electron chi connectivity index (χ0n) is 13.1. The van der Waals surface area contributed by atoms with Gasteiger partial charge in [0.05, 0.1) is 9.83 Å². The normalized spacial score (nSPS) is 15.2. The first kappa shape index (κ1) is 18.0. The Labute approximate surface area is 157 Å². The van der Waals surface area contributed by atoms with Gasteiger partial charge < -0.3 is 10.1 Å². The first-order valence-electron chi connectivity index (χ1n) is 7.33. The number of hydrogen-bond donors (Lipinski definition) is 1. The SMILES string of the molecule is O=C1NC(=S)SC1=Cc1cc([N+](=O)[O-])ccc1OCc1ccccc1F. The number of carbonyl (C=O) groups excluding carboxylic acids is 1. The molecule has 2 aromatic rings. The van der Waals surface area contributed by atoms with E-state index < -0.39 is 10.7 Å². The van der Waals surface area contributed by atoms with E-state index in [-0.39, 0.29) is 24.0 Å². The smallest absolute Gasteiger partial charge is 0.270 e. The van der Waals surface area contributed by atoms with Crippen LogP contribution in [-0.2, 0) is 11.4 Å². The minimum atomic E-state index is -0.546. The van der Waals surface area contributed by atoms with Gasteiger partial charge in [-0.05, 0) is 18.2 Å². The van der Waals surface area contributed by atoms with Crippen molar-refractivity contribution in [3.8, 4) is 5.75 Å². The van der Waals surface area contributed by atoms with Gasteiger partial charge in [0.1, 0.15) is 22.5 Å². The molecule has 1 fully saturated rings. The van der Waals surface area contributed by atoms with Crippen LogP contribution >= 0.6 is 24.0 Å². The number of nitro groups is 1. The number of amides is 1. The topological polar surface area (TPSA) is 81.5 Å². The van der Waals surface area contributed by atoms with Crippen LogP contribution < -0.4 is 10.1 Å². The standard InChI is InChI=1S/C17H11FN2O4S2/c18-13-4-2-1-3-10(13)9-24-14-6-5-12(20(22)23)7-11(14)8-15-16(21)19-17(25)26-15/h1-8H,9H2,(H,19,21,25). The van der Waals surface area contributed by atoms with Crippen molar-refractivity contribution in [3.05, 3.63) is 74.4 Å². The molecule has 0 atom stereocenters. The van der Waals surface area contributed by atoms with Crippen LogP contribution in [0.4, 0.5) is 10.1 Å². The number of nitrogens with one attached hydrogen (secondary N) is 1. The maximum absolute atomic E-state index is 13.7. The summed E-state index contributed by atoms with van der Waals surface area (Å²) < 4.78 is 19.7. The quantitative estimate of drug-likeness (QED) is 0.362. The van der Waals surface area contributed by atoms with Crippen LogP contribution in [0, 0.1) is 15.9 Å². The summed E-state index contributed by atoms with van der Waals surface area (Å²) in [7, 11) is 0. The molecule has 1 heterocycles. The summed E-state index contributed by atoms with van der Waals surface area (Å²) in [5, 5.41) is 13.5. The van der Waals surface area contributed by atoms with Crippen molar-refractivity contribution in [2.75, 3.05) is 0 Å². The monoisotopic (exact) mass is 390 g/mol. The molecule has 1 N–H and O–H groups in total. The van der Waals surface area contributed by atoms with Crippen LogP contribution in [0.5, 0.6) is 5.75 Å². The number of carbonyl (C=O) groups is 1. The van der Waals surface area contributed by atoms with Crippen molar-refractivity contribution >= 4 is 46.0 Å². The van der Waals surface area contributed by atoms with E-state index in [4.69, 9.17) is 17.0 Å². The number of nitrogens with zero attached hydrogens (tertiary/aromatic N) is 1. The van der Waals surface area contributed by atoms with E-state index in [0.29, 0.717) is 20.4 Å². The summed E-state index contributed by atoms with van der Waals surface area (Å²) in [5.74, 6) is -0.505. The lowest BCUT2D eigenvalue weighted by molar-refractivity contribution is -0.384. The Bertz CT molecular complexity index is 946. The molecule has 1 saturated heterocycles. The number of ether oxygens (including phenoxy) is 1. The van der Waals surface area contributed by atoms with Gasteiger partial charge >= 0.3 is 0 Å². The molecule has 1 aliphatic rings. The summed E-state index contributed by atoms with van der Waals surface area (Å²) >= 11 is 5.98. The molecule has 0 aromatic heterocycles. The molecule has 26 heavy (non-hydrogen) atoms. The van der Waals surface area contributed by atoms with Crippen molar-refractivity contribution < 1.29 is 18.8 Å². The Morgan fingerprint density at radius 1 is 1.31 bits per heavy atom. The number of thioether (sulfide) groups is 1. The van der Waals surface area contributed by atoms with Crippen LogP contribution in [0.3, 0.4) is 0 Å². The molecule has 0 saturated carbocycles. The van der Waals surface area contributed by atoms with Crippen molar-refractivity contribution in [1.29, 1.82) is 0 Å². The third-order valence-corrected chi connectivity index (χ3v) is 4.64. The number of halogens is 1. The van der Waals surface area contributed by atoms with Gasteiger partial charge in [-0.3, -0.25) is 14.9 Å². The highest BCUT2D eigenvalue weighted by molar-refractivity contribution is 8.26. The lowest BCUT2D eigenvalue weighted by Gasteiger charge is -2.10. The third kappa shape index (κ3) is 4.06. The zero-order chi connectivity index (χ0) is 18.7. The van der Waals surface area contributed by atoms with E-state index >= 15 is 0 Å². The highest BCUT2D eigenvalue weighted by Crippen LogP contribution is 2.32. The van der Waals surface area contributed by atoms with E-state index in [9.17, 15) is 19.3 Å². The van der Waals surface area contributed by atoms with Crippen LogP contribution in [0.15, 0.2) is 47.4 Å². The first-order valence-corrected chi connectivity index (χ1v) is 8.56. The van der Waals surface area contributed by atoms with Gasteiger partial charge in [0.15, 0.2) is 0 Å². The summed E-state index contributed by atoms with van der Waals surface area (Å²) in [4.78, 5) is 22.6. The average Bonchev–Trinajstić information content (AvgIpc) is 2.92. The lowest BCUT2D eigenvalue weighted by Crippen LogP contribution is -2.17. The van der Waals surface area contributed by atoms with E-state index in [2.05, 4.69) is 5.32 Å². The molecule has 0 radical (unpaired) electrons. The number of non-ortho nitro benzene ring substituents is 1. The van der Waals surface area contributed by atoms with Crippen molar-refractivity contribution in [1.82, 2.24) is 5.32 Å². The number of thiocarbonyl (C=S) groups is 1. The van der Waals surface area contributed by atoms with Crippen LogP contribution in [-0.4, -0.2) is 15.2 Å². The molecular formula is C17H11FN2O4S2. The maximum Gasteiger partial charge on any atom is 0.270 e. The van der Waals surface area contributed by atoms with Gasteiger partial charge in [-0.2, -0.15) is 0 Å². The minimum Gasteiger partial charge on any atom is -0.488 e. The maximum atomic E-state index is 13.7. The first-order chi connectivity index (χ1) is 12.4.